The van der Waals surface area contributed by atoms with Crippen molar-refractivity contribution in [2.75, 3.05) is 10.5 Å². The van der Waals surface area contributed by atoms with E-state index in [0.717, 1.165) is 6.07 Å². The lowest BCUT2D eigenvalue weighted by atomic mass is 10.1. The number of halogens is 2. The number of fused-ring (bicyclic) bond motifs is 2. The van der Waals surface area contributed by atoms with Crippen molar-refractivity contribution in [3.63, 3.8) is 0 Å². The molecule has 5 aromatic rings. The zero-order chi connectivity index (χ0) is 25.8. The molecule has 0 aliphatic rings. The summed E-state index contributed by atoms with van der Waals surface area (Å²) in [5.74, 6) is -1.10. The van der Waals surface area contributed by atoms with Gasteiger partial charge in [-0.05, 0) is 43.7 Å². The van der Waals surface area contributed by atoms with Gasteiger partial charge in [0.05, 0.1) is 23.7 Å². The van der Waals surface area contributed by atoms with Crippen LogP contribution < -0.4 is 10.3 Å². The van der Waals surface area contributed by atoms with Crippen molar-refractivity contribution in [3.8, 4) is 11.3 Å². The summed E-state index contributed by atoms with van der Waals surface area (Å²) in [7, 11) is -2.06. The second-order valence-corrected chi connectivity index (χ2v) is 10.5. The summed E-state index contributed by atoms with van der Waals surface area (Å²) in [6.07, 6.45) is 3.27. The number of anilines is 1. The van der Waals surface area contributed by atoms with E-state index in [4.69, 9.17) is 4.98 Å². The molecule has 0 saturated carbocycles. The quantitative estimate of drug-likeness (QED) is 0.360. The fourth-order valence-electron chi connectivity index (χ4n) is 4.20. The fraction of sp³-hybridized carbons (Fsp3) is 0.208. The Balaban J connectivity index is 1.79. The van der Waals surface area contributed by atoms with E-state index in [-0.39, 0.29) is 23.5 Å². The molecule has 9 nitrogen and oxygen atoms in total. The number of aromatic nitrogens is 5. The standard InChI is InChI=1S/C24H22F2N6O3S/c1-4-36(34,35)30-20-10-19(18-12-31(3)24(33)21-17(18)5-6-27-21)29-23-22(20)28-13(2)32(23)11-14-7-15(25)9-16(26)8-14/h5-10,12,27H,4,11H2,1-3H3,(H,29,30). The number of aromatic amines is 1. The molecular weight excluding hydrogens is 490 g/mol. The SMILES string of the molecule is CCS(=O)(=O)Nc1cc(-c2cn(C)c(=O)c3[nH]ccc23)nc2c1nc(C)n2Cc1cc(F)cc(F)c1. The Morgan fingerprint density at radius 2 is 1.83 bits per heavy atom. The van der Waals surface area contributed by atoms with Gasteiger partial charge in [-0.25, -0.2) is 27.2 Å². The van der Waals surface area contributed by atoms with E-state index in [2.05, 4.69) is 14.7 Å². The molecule has 4 aromatic heterocycles. The number of sulfonamides is 1. The highest BCUT2D eigenvalue weighted by Gasteiger charge is 2.21. The van der Waals surface area contributed by atoms with Crippen LogP contribution in [-0.4, -0.2) is 38.3 Å². The van der Waals surface area contributed by atoms with Crippen molar-refractivity contribution in [1.29, 1.82) is 0 Å². The van der Waals surface area contributed by atoms with Crippen molar-refractivity contribution >= 4 is 37.8 Å². The van der Waals surface area contributed by atoms with Crippen LogP contribution in [-0.2, 0) is 23.6 Å². The molecule has 0 radical (unpaired) electrons. The van der Waals surface area contributed by atoms with Gasteiger partial charge in [0.1, 0.15) is 28.5 Å². The summed E-state index contributed by atoms with van der Waals surface area (Å²) >= 11 is 0. The lowest BCUT2D eigenvalue weighted by Crippen LogP contribution is -2.17. The highest BCUT2D eigenvalue weighted by Crippen LogP contribution is 2.32. The largest absolute Gasteiger partial charge is 0.357 e. The Morgan fingerprint density at radius 1 is 1.11 bits per heavy atom. The number of hydrogen-bond acceptors (Lipinski definition) is 5. The van der Waals surface area contributed by atoms with Gasteiger partial charge in [0.2, 0.25) is 10.0 Å². The van der Waals surface area contributed by atoms with E-state index in [0.29, 0.717) is 44.7 Å². The number of hydrogen-bond donors (Lipinski definition) is 2. The minimum atomic E-state index is -3.67. The highest BCUT2D eigenvalue weighted by atomic mass is 32.2. The fourth-order valence-corrected chi connectivity index (χ4v) is 4.84. The molecule has 0 aliphatic carbocycles. The van der Waals surface area contributed by atoms with Crippen molar-refractivity contribution in [3.05, 3.63) is 76.1 Å². The molecule has 0 saturated heterocycles. The van der Waals surface area contributed by atoms with Crippen molar-refractivity contribution in [2.24, 2.45) is 7.05 Å². The molecule has 186 valence electrons. The van der Waals surface area contributed by atoms with Crippen LogP contribution >= 0.6 is 0 Å². The topological polar surface area (TPSA) is 115 Å². The molecule has 1 aromatic carbocycles. The van der Waals surface area contributed by atoms with Crippen LogP contribution in [0.4, 0.5) is 14.5 Å². The van der Waals surface area contributed by atoms with Gasteiger partial charge < -0.3 is 14.1 Å². The first kappa shape index (κ1) is 23.7. The van der Waals surface area contributed by atoms with Crippen LogP contribution in [0.15, 0.2) is 47.5 Å². The monoisotopic (exact) mass is 512 g/mol. The number of H-pyrrole nitrogens is 1. The van der Waals surface area contributed by atoms with Gasteiger partial charge in [-0.2, -0.15) is 0 Å². The lowest BCUT2D eigenvalue weighted by Gasteiger charge is -2.12. The highest BCUT2D eigenvalue weighted by molar-refractivity contribution is 7.92. The first-order chi connectivity index (χ1) is 17.1. The van der Waals surface area contributed by atoms with Crippen LogP contribution in [0.5, 0.6) is 0 Å². The van der Waals surface area contributed by atoms with Crippen LogP contribution in [0.2, 0.25) is 0 Å². The van der Waals surface area contributed by atoms with Gasteiger partial charge >= 0.3 is 0 Å². The van der Waals surface area contributed by atoms with Crippen LogP contribution in [0.25, 0.3) is 33.3 Å². The second kappa shape index (κ2) is 8.55. The Bertz CT molecular complexity index is 1800. The Hall–Kier alpha value is -4.06. The zero-order valence-corrected chi connectivity index (χ0v) is 20.4. The molecule has 0 bridgehead atoms. The molecule has 0 amide bonds. The number of pyridine rings is 2. The average molecular weight is 513 g/mol. The van der Waals surface area contributed by atoms with Crippen LogP contribution in [0.3, 0.4) is 0 Å². The van der Waals surface area contributed by atoms with E-state index in [9.17, 15) is 22.0 Å². The average Bonchev–Trinajstić information content (AvgIpc) is 3.41. The summed E-state index contributed by atoms with van der Waals surface area (Å²) in [5, 5.41) is 0.615. The van der Waals surface area contributed by atoms with Gasteiger partial charge in [-0.3, -0.25) is 9.52 Å². The number of imidazole rings is 1. The maximum absolute atomic E-state index is 13.8. The first-order valence-corrected chi connectivity index (χ1v) is 12.7. The molecule has 0 atom stereocenters. The summed E-state index contributed by atoms with van der Waals surface area (Å²) in [4.78, 5) is 24.8. The van der Waals surface area contributed by atoms with Crippen molar-refractivity contribution < 1.29 is 17.2 Å². The molecule has 0 unspecified atom stereocenters. The van der Waals surface area contributed by atoms with Gasteiger partial charge in [-0.1, -0.05) is 0 Å². The van der Waals surface area contributed by atoms with Crippen LogP contribution in [0, 0.1) is 18.6 Å². The number of nitrogens with one attached hydrogen (secondary N) is 2. The van der Waals surface area contributed by atoms with Gasteiger partial charge in [0.25, 0.3) is 5.56 Å². The van der Waals surface area contributed by atoms with Crippen molar-refractivity contribution in [1.82, 2.24) is 24.1 Å². The molecular formula is C24H22F2N6O3S. The minimum Gasteiger partial charge on any atom is -0.357 e. The number of aryl methyl sites for hydroxylation is 2. The third-order valence-electron chi connectivity index (χ3n) is 5.97. The maximum atomic E-state index is 13.8. The third kappa shape index (κ3) is 4.13. The van der Waals surface area contributed by atoms with E-state index >= 15 is 0 Å². The molecule has 36 heavy (non-hydrogen) atoms. The summed E-state index contributed by atoms with van der Waals surface area (Å²) < 4.78 is 58.3. The summed E-state index contributed by atoms with van der Waals surface area (Å²) in [6, 6.07) is 6.54. The van der Waals surface area contributed by atoms with Gasteiger partial charge in [-0.15, -0.1) is 0 Å². The normalized spacial score (nSPS) is 12.0. The molecule has 4 heterocycles. The summed E-state index contributed by atoms with van der Waals surface area (Å²) in [5.41, 5.74) is 2.32. The predicted octanol–water partition coefficient (Wildman–Crippen LogP) is 3.67. The molecule has 12 heteroatoms. The maximum Gasteiger partial charge on any atom is 0.274 e. The number of nitrogens with zero attached hydrogens (tertiary/aromatic N) is 4. The second-order valence-electron chi connectivity index (χ2n) is 8.48. The lowest BCUT2D eigenvalue weighted by molar-refractivity contribution is 0.577. The Labute approximate surface area is 204 Å². The zero-order valence-electron chi connectivity index (χ0n) is 19.6. The molecule has 0 aliphatic heterocycles. The summed E-state index contributed by atoms with van der Waals surface area (Å²) in [6.45, 7) is 3.27. The predicted molar refractivity (Wildman–Crippen MR) is 133 cm³/mol. The molecule has 2 N–H and O–H groups in total. The van der Waals surface area contributed by atoms with Crippen molar-refractivity contribution in [2.45, 2.75) is 20.4 Å². The minimum absolute atomic E-state index is 0.0558. The van der Waals surface area contributed by atoms with Crippen LogP contribution in [0.1, 0.15) is 18.3 Å². The smallest absolute Gasteiger partial charge is 0.274 e. The molecule has 0 spiro atoms. The Kier molecular flexibility index (Phi) is 5.62. The number of rotatable bonds is 6. The van der Waals surface area contributed by atoms with E-state index < -0.39 is 21.7 Å². The van der Waals surface area contributed by atoms with E-state index in [1.807, 2.05) is 0 Å². The molecule has 5 rings (SSSR count). The Morgan fingerprint density at radius 3 is 2.53 bits per heavy atom. The number of benzene rings is 1. The third-order valence-corrected chi connectivity index (χ3v) is 7.26. The van der Waals surface area contributed by atoms with Gasteiger partial charge in [0.15, 0.2) is 5.65 Å². The first-order valence-electron chi connectivity index (χ1n) is 11.1. The van der Waals surface area contributed by atoms with E-state index in [1.54, 1.807) is 43.1 Å². The van der Waals surface area contributed by atoms with E-state index in [1.165, 1.54) is 23.6 Å². The van der Waals surface area contributed by atoms with Gasteiger partial charge in [0, 0.05) is 36.5 Å². The molecule has 0 fully saturated rings.